The van der Waals surface area contributed by atoms with Gasteiger partial charge < -0.3 is 15.6 Å². The second-order valence-electron chi connectivity index (χ2n) is 4.32. The minimum Gasteiger partial charge on any atom is -0.457 e. The molecule has 0 radical (unpaired) electrons. The van der Waals surface area contributed by atoms with Crippen molar-refractivity contribution in [3.8, 4) is 11.5 Å². The van der Waals surface area contributed by atoms with Gasteiger partial charge >= 0.3 is 0 Å². The molecule has 2 aromatic rings. The highest BCUT2D eigenvalue weighted by Gasteiger charge is 2.15. The Labute approximate surface area is 115 Å². The third-order valence-electron chi connectivity index (χ3n) is 2.80. The largest absolute Gasteiger partial charge is 0.457 e. The molecule has 0 bridgehead atoms. The number of ether oxygens (including phenoxy) is 1. The van der Waals surface area contributed by atoms with Crippen LogP contribution < -0.4 is 10.5 Å². The predicted molar refractivity (Wildman–Crippen MR) is 72.1 cm³/mol. The number of carbonyl (C=O) groups is 1. The van der Waals surface area contributed by atoms with Gasteiger partial charge in [0, 0.05) is 5.56 Å². The zero-order valence-corrected chi connectivity index (χ0v) is 10.8. The normalized spacial score (nSPS) is 11.9. The Bertz CT molecular complexity index is 624. The number of halogens is 1. The van der Waals surface area contributed by atoms with Crippen molar-refractivity contribution in [1.82, 2.24) is 0 Å². The van der Waals surface area contributed by atoms with E-state index in [4.69, 9.17) is 10.5 Å². The first-order valence-corrected chi connectivity index (χ1v) is 6.03. The summed E-state index contributed by atoms with van der Waals surface area (Å²) in [5.41, 5.74) is 5.58. The van der Waals surface area contributed by atoms with Crippen LogP contribution in [0.15, 0.2) is 42.5 Å². The molecule has 0 aliphatic carbocycles. The molecule has 20 heavy (non-hydrogen) atoms. The smallest absolute Gasteiger partial charge is 0.248 e. The molecule has 0 heterocycles. The number of aliphatic hydroxyl groups excluding tert-OH is 1. The van der Waals surface area contributed by atoms with Gasteiger partial charge in [0.05, 0.1) is 11.7 Å². The molecule has 0 aliphatic rings. The molecule has 3 N–H and O–H groups in total. The topological polar surface area (TPSA) is 72.6 Å². The van der Waals surface area contributed by atoms with E-state index in [1.54, 1.807) is 18.2 Å². The number of rotatable bonds is 4. The first-order valence-electron chi connectivity index (χ1n) is 6.03. The first kappa shape index (κ1) is 14.0. The van der Waals surface area contributed by atoms with E-state index < -0.39 is 17.8 Å². The Morgan fingerprint density at radius 1 is 1.25 bits per heavy atom. The number of primary amides is 1. The van der Waals surface area contributed by atoms with Gasteiger partial charge in [-0.25, -0.2) is 4.39 Å². The maximum Gasteiger partial charge on any atom is 0.248 e. The summed E-state index contributed by atoms with van der Waals surface area (Å²) in [6.45, 7) is 1.46. The quantitative estimate of drug-likeness (QED) is 0.901. The highest BCUT2D eigenvalue weighted by Crippen LogP contribution is 2.31. The zero-order chi connectivity index (χ0) is 14.7. The lowest BCUT2D eigenvalue weighted by Gasteiger charge is -2.14. The van der Waals surface area contributed by atoms with Crippen molar-refractivity contribution >= 4 is 5.91 Å². The van der Waals surface area contributed by atoms with E-state index in [0.29, 0.717) is 11.3 Å². The number of amides is 1. The standard InChI is InChI=1S/C15H14FNO3/c1-9(18)14-12(16)3-2-4-13(14)20-11-7-5-10(6-8-11)15(17)19/h2-9,18H,1H3,(H2,17,19). The molecule has 1 unspecified atom stereocenters. The van der Waals surface area contributed by atoms with Crippen molar-refractivity contribution in [3.05, 3.63) is 59.4 Å². The van der Waals surface area contributed by atoms with Crippen molar-refractivity contribution in [1.29, 1.82) is 0 Å². The number of nitrogens with two attached hydrogens (primary N) is 1. The van der Waals surface area contributed by atoms with Crippen molar-refractivity contribution in [2.75, 3.05) is 0 Å². The molecule has 104 valence electrons. The highest BCUT2D eigenvalue weighted by molar-refractivity contribution is 5.92. The van der Waals surface area contributed by atoms with Crippen molar-refractivity contribution in [3.63, 3.8) is 0 Å². The fourth-order valence-electron chi connectivity index (χ4n) is 1.83. The van der Waals surface area contributed by atoms with E-state index in [0.717, 1.165) is 0 Å². The Balaban J connectivity index is 2.30. The SMILES string of the molecule is CC(O)c1c(F)cccc1Oc1ccc(C(N)=O)cc1. The first-order chi connectivity index (χ1) is 9.49. The van der Waals surface area contributed by atoms with Gasteiger partial charge in [0.15, 0.2) is 0 Å². The van der Waals surface area contributed by atoms with Crippen LogP contribution in [0.2, 0.25) is 0 Å². The highest BCUT2D eigenvalue weighted by atomic mass is 19.1. The van der Waals surface area contributed by atoms with Gasteiger partial charge in [0.2, 0.25) is 5.91 Å². The fraction of sp³-hybridized carbons (Fsp3) is 0.133. The van der Waals surface area contributed by atoms with Gasteiger partial charge in [-0.15, -0.1) is 0 Å². The summed E-state index contributed by atoms with van der Waals surface area (Å²) < 4.78 is 19.2. The van der Waals surface area contributed by atoms with Gasteiger partial charge in [-0.2, -0.15) is 0 Å². The summed E-state index contributed by atoms with van der Waals surface area (Å²) >= 11 is 0. The lowest BCUT2D eigenvalue weighted by Crippen LogP contribution is -2.10. The molecule has 0 saturated carbocycles. The summed E-state index contributed by atoms with van der Waals surface area (Å²) in [5.74, 6) is -0.424. The van der Waals surface area contributed by atoms with Gasteiger partial charge in [-0.05, 0) is 43.3 Å². The minimum absolute atomic E-state index is 0.0893. The molecular weight excluding hydrogens is 261 g/mol. The van der Waals surface area contributed by atoms with Crippen molar-refractivity contribution < 1.29 is 19.0 Å². The van der Waals surface area contributed by atoms with E-state index in [1.807, 2.05) is 0 Å². The lowest BCUT2D eigenvalue weighted by atomic mass is 10.1. The van der Waals surface area contributed by atoms with Gasteiger partial charge in [0.25, 0.3) is 0 Å². The van der Waals surface area contributed by atoms with Gasteiger partial charge in [0.1, 0.15) is 17.3 Å². The summed E-state index contributed by atoms with van der Waals surface area (Å²) in [6, 6.07) is 10.4. The molecule has 2 rings (SSSR count). The Morgan fingerprint density at radius 3 is 2.45 bits per heavy atom. The van der Waals surface area contributed by atoms with Crippen LogP contribution in [0, 0.1) is 5.82 Å². The van der Waals surface area contributed by atoms with Crippen LogP contribution in [-0.2, 0) is 0 Å². The predicted octanol–water partition coefficient (Wildman–Crippen LogP) is 2.77. The Hall–Kier alpha value is -2.40. The summed E-state index contributed by atoms with van der Waals surface area (Å²) in [5, 5.41) is 9.60. The molecular formula is C15H14FNO3. The number of carbonyl (C=O) groups excluding carboxylic acids is 1. The maximum atomic E-state index is 13.7. The van der Waals surface area contributed by atoms with Crippen LogP contribution >= 0.6 is 0 Å². The number of aliphatic hydroxyl groups is 1. The molecule has 5 heteroatoms. The Kier molecular flexibility index (Phi) is 4.00. The molecule has 1 amide bonds. The molecule has 1 atom stereocenters. The second-order valence-corrected chi connectivity index (χ2v) is 4.32. The third-order valence-corrected chi connectivity index (χ3v) is 2.80. The summed E-state index contributed by atoms with van der Waals surface area (Å²) in [6.07, 6.45) is -0.990. The van der Waals surface area contributed by atoms with Crippen LogP contribution in [0.25, 0.3) is 0 Å². The average Bonchev–Trinajstić information content (AvgIpc) is 2.39. The van der Waals surface area contributed by atoms with Crippen LogP contribution in [0.3, 0.4) is 0 Å². The second kappa shape index (κ2) is 5.71. The van der Waals surface area contributed by atoms with Crippen LogP contribution in [-0.4, -0.2) is 11.0 Å². The van der Waals surface area contributed by atoms with Gasteiger partial charge in [-0.3, -0.25) is 4.79 Å². The molecule has 0 fully saturated rings. The van der Waals surface area contributed by atoms with E-state index >= 15 is 0 Å². The monoisotopic (exact) mass is 275 g/mol. The van der Waals surface area contributed by atoms with Crippen molar-refractivity contribution in [2.24, 2.45) is 5.73 Å². The van der Waals surface area contributed by atoms with Crippen LogP contribution in [0.1, 0.15) is 28.9 Å². The maximum absolute atomic E-state index is 13.7. The summed E-state index contributed by atoms with van der Waals surface area (Å²) in [7, 11) is 0. The van der Waals surface area contributed by atoms with E-state index in [2.05, 4.69) is 0 Å². The number of hydrogen-bond donors (Lipinski definition) is 2. The van der Waals surface area contributed by atoms with E-state index in [-0.39, 0.29) is 11.3 Å². The van der Waals surface area contributed by atoms with Crippen LogP contribution in [0.5, 0.6) is 11.5 Å². The summed E-state index contributed by atoms with van der Waals surface area (Å²) in [4.78, 5) is 11.0. The third kappa shape index (κ3) is 2.95. The molecule has 0 saturated heterocycles. The fourth-order valence-corrected chi connectivity index (χ4v) is 1.83. The van der Waals surface area contributed by atoms with Crippen molar-refractivity contribution in [2.45, 2.75) is 13.0 Å². The van der Waals surface area contributed by atoms with Gasteiger partial charge in [-0.1, -0.05) is 6.07 Å². The number of benzene rings is 2. The Morgan fingerprint density at radius 2 is 1.90 bits per heavy atom. The van der Waals surface area contributed by atoms with E-state index in [1.165, 1.54) is 31.2 Å². The average molecular weight is 275 g/mol. The van der Waals surface area contributed by atoms with Crippen LogP contribution in [0.4, 0.5) is 4.39 Å². The molecule has 0 spiro atoms. The number of hydrogen-bond acceptors (Lipinski definition) is 3. The molecule has 2 aromatic carbocycles. The minimum atomic E-state index is -0.990. The van der Waals surface area contributed by atoms with E-state index in [9.17, 15) is 14.3 Å². The molecule has 0 aromatic heterocycles. The molecule has 0 aliphatic heterocycles. The lowest BCUT2D eigenvalue weighted by molar-refractivity contribution is 0.100. The zero-order valence-electron chi connectivity index (χ0n) is 10.8. The molecule has 4 nitrogen and oxygen atoms in total.